The molecule has 1 aromatic carbocycles. The number of hydrogen-bond donors (Lipinski definition) is 3. The zero-order valence-corrected chi connectivity index (χ0v) is 19.8. The van der Waals surface area contributed by atoms with Crippen LogP contribution in [0.3, 0.4) is 0 Å². The third-order valence-corrected chi connectivity index (χ3v) is 8.51. The predicted molar refractivity (Wildman–Crippen MR) is 127 cm³/mol. The Balaban J connectivity index is 1.21. The van der Waals surface area contributed by atoms with Crippen LogP contribution in [-0.4, -0.2) is 41.4 Å². The van der Waals surface area contributed by atoms with E-state index >= 15 is 0 Å². The van der Waals surface area contributed by atoms with Crippen molar-refractivity contribution in [3.05, 3.63) is 29.8 Å². The molecule has 4 aliphatic carbocycles. The Morgan fingerprint density at radius 3 is 2.27 bits per heavy atom. The molecule has 4 saturated carbocycles. The maximum atomic E-state index is 12.9. The molecule has 3 unspecified atom stereocenters. The van der Waals surface area contributed by atoms with Crippen molar-refractivity contribution in [1.29, 1.82) is 0 Å². The van der Waals surface area contributed by atoms with E-state index in [4.69, 9.17) is 5.73 Å². The maximum Gasteiger partial charge on any atom is 0.319 e. The van der Waals surface area contributed by atoms with Crippen LogP contribution in [0.4, 0.5) is 10.5 Å². The largest absolute Gasteiger partial charge is 0.369 e. The fourth-order valence-corrected chi connectivity index (χ4v) is 8.26. The van der Waals surface area contributed by atoms with Crippen molar-refractivity contribution >= 4 is 23.5 Å². The zero-order valence-electron chi connectivity index (χ0n) is 19.8. The van der Waals surface area contributed by atoms with Crippen molar-refractivity contribution < 1.29 is 14.4 Å². The number of primary amides is 1. The van der Waals surface area contributed by atoms with Gasteiger partial charge in [0.1, 0.15) is 0 Å². The van der Waals surface area contributed by atoms with Crippen LogP contribution in [0.1, 0.15) is 75.6 Å². The van der Waals surface area contributed by atoms with E-state index < -0.39 is 0 Å². The number of benzene rings is 1. The first kappa shape index (κ1) is 22.2. The summed E-state index contributed by atoms with van der Waals surface area (Å²) in [4.78, 5) is 39.0. The average molecular weight is 453 g/mol. The van der Waals surface area contributed by atoms with Gasteiger partial charge in [0.05, 0.1) is 5.92 Å². The van der Waals surface area contributed by atoms with Gasteiger partial charge in [0, 0.05) is 29.9 Å². The first-order valence-electron chi connectivity index (χ1n) is 12.3. The van der Waals surface area contributed by atoms with Crippen molar-refractivity contribution in [3.8, 4) is 0 Å². The molecular formula is C26H36N4O3. The third kappa shape index (κ3) is 4.34. The Kier molecular flexibility index (Phi) is 5.22. The molecule has 1 aliphatic heterocycles. The molecule has 1 aromatic rings. The second-order valence-electron chi connectivity index (χ2n) is 12.1. The van der Waals surface area contributed by atoms with Crippen LogP contribution in [0.5, 0.6) is 0 Å². The van der Waals surface area contributed by atoms with Gasteiger partial charge in [0.2, 0.25) is 5.91 Å². The smallest absolute Gasteiger partial charge is 0.319 e. The lowest BCUT2D eigenvalue weighted by atomic mass is 9.43. The van der Waals surface area contributed by atoms with Crippen LogP contribution in [0.2, 0.25) is 0 Å². The van der Waals surface area contributed by atoms with Crippen molar-refractivity contribution in [1.82, 2.24) is 10.2 Å². The number of nitrogens with one attached hydrogen (secondary N) is 2. The van der Waals surface area contributed by atoms with E-state index in [1.54, 1.807) is 29.2 Å². The van der Waals surface area contributed by atoms with Gasteiger partial charge in [0.25, 0.3) is 5.91 Å². The van der Waals surface area contributed by atoms with Crippen LogP contribution >= 0.6 is 0 Å². The number of rotatable bonds is 4. The summed E-state index contributed by atoms with van der Waals surface area (Å²) in [6.45, 7) is 5.80. The first-order valence-corrected chi connectivity index (χ1v) is 12.3. The highest BCUT2D eigenvalue weighted by Gasteiger charge is 2.60. The molecule has 0 spiro atoms. The number of anilines is 1. The summed E-state index contributed by atoms with van der Waals surface area (Å²) >= 11 is 0. The number of nitrogens with two attached hydrogens (primary N) is 1. The normalized spacial score (nSPS) is 37.0. The molecule has 7 heteroatoms. The molecule has 33 heavy (non-hydrogen) atoms. The highest BCUT2D eigenvalue weighted by atomic mass is 16.2. The summed E-state index contributed by atoms with van der Waals surface area (Å²) in [7, 11) is 0. The standard InChI is InChI=1S/C26H36N4O3/c1-24-10-17-11-25(2,14-24)16-26(12-17,15-24)29-23(33)28-20-7-5-18(6-8-20)22(32)30-9-3-4-19(13-30)21(27)31/h5-8,17,19H,3-4,9-16H2,1-2H3,(H2,27,31)(H2,28,29,33). The second-order valence-corrected chi connectivity index (χ2v) is 12.1. The monoisotopic (exact) mass is 452 g/mol. The summed E-state index contributed by atoms with van der Waals surface area (Å²) in [5.41, 5.74) is 7.22. The van der Waals surface area contributed by atoms with Crippen LogP contribution < -0.4 is 16.4 Å². The summed E-state index contributed by atoms with van der Waals surface area (Å²) in [6, 6.07) is 6.84. The Labute approximate surface area is 195 Å². The molecule has 4 N–H and O–H groups in total. The topological polar surface area (TPSA) is 105 Å². The molecule has 3 atom stereocenters. The van der Waals surface area contributed by atoms with E-state index in [9.17, 15) is 14.4 Å². The molecule has 0 radical (unpaired) electrons. The molecule has 4 amide bonds. The molecule has 5 fully saturated rings. The molecule has 1 saturated heterocycles. The van der Waals surface area contributed by atoms with Gasteiger partial charge < -0.3 is 21.3 Å². The number of urea groups is 1. The van der Waals surface area contributed by atoms with Crippen molar-refractivity contribution in [2.24, 2.45) is 28.4 Å². The Morgan fingerprint density at radius 1 is 1.00 bits per heavy atom. The van der Waals surface area contributed by atoms with Gasteiger partial charge >= 0.3 is 6.03 Å². The molecule has 7 nitrogen and oxygen atoms in total. The molecule has 0 aromatic heterocycles. The van der Waals surface area contributed by atoms with Gasteiger partial charge in [-0.25, -0.2) is 4.79 Å². The van der Waals surface area contributed by atoms with Gasteiger partial charge in [-0.05, 0) is 92.4 Å². The van der Waals surface area contributed by atoms with E-state index in [1.165, 1.54) is 19.3 Å². The average Bonchev–Trinajstić information content (AvgIpc) is 2.70. The summed E-state index contributed by atoms with van der Waals surface area (Å²) in [6.07, 6.45) is 8.58. The number of carbonyl (C=O) groups is 3. The second kappa shape index (κ2) is 7.74. The van der Waals surface area contributed by atoms with Crippen LogP contribution in [0.25, 0.3) is 0 Å². The minimum Gasteiger partial charge on any atom is -0.369 e. The summed E-state index contributed by atoms with van der Waals surface area (Å²) in [5, 5.41) is 6.33. The van der Waals surface area contributed by atoms with E-state index in [-0.39, 0.29) is 29.3 Å². The SMILES string of the molecule is CC12CC3CC(C)(C1)CC(NC(=O)Nc1ccc(C(=O)N4CCCC(C(N)=O)C4)cc1)(C3)C2. The minimum absolute atomic E-state index is 0.103. The molecule has 4 bridgehead atoms. The van der Waals surface area contributed by atoms with Gasteiger partial charge in [-0.1, -0.05) is 13.8 Å². The van der Waals surface area contributed by atoms with E-state index in [2.05, 4.69) is 24.5 Å². The highest BCUT2D eigenvalue weighted by molar-refractivity contribution is 5.96. The molecule has 178 valence electrons. The number of hydrogen-bond acceptors (Lipinski definition) is 3. The lowest BCUT2D eigenvalue weighted by molar-refractivity contribution is -0.123. The zero-order chi connectivity index (χ0) is 23.4. The molecule has 6 rings (SSSR count). The number of likely N-dealkylation sites (tertiary alicyclic amines) is 1. The van der Waals surface area contributed by atoms with Gasteiger partial charge in [-0.15, -0.1) is 0 Å². The molecular weight excluding hydrogens is 416 g/mol. The number of piperidine rings is 1. The fraction of sp³-hybridized carbons (Fsp3) is 0.654. The number of carbonyl (C=O) groups excluding carboxylic acids is 3. The first-order chi connectivity index (χ1) is 15.6. The van der Waals surface area contributed by atoms with Crippen LogP contribution in [0, 0.1) is 22.7 Å². The predicted octanol–water partition coefficient (Wildman–Crippen LogP) is 3.89. The van der Waals surface area contributed by atoms with Crippen molar-refractivity contribution in [3.63, 3.8) is 0 Å². The Bertz CT molecular complexity index is 956. The summed E-state index contributed by atoms with van der Waals surface area (Å²) < 4.78 is 0. The minimum atomic E-state index is -0.347. The van der Waals surface area contributed by atoms with Crippen molar-refractivity contribution in [2.75, 3.05) is 18.4 Å². The number of nitrogens with zero attached hydrogens (tertiary/aromatic N) is 1. The van der Waals surface area contributed by atoms with Crippen LogP contribution in [0.15, 0.2) is 24.3 Å². The van der Waals surface area contributed by atoms with Crippen LogP contribution in [-0.2, 0) is 4.79 Å². The quantitative estimate of drug-likeness (QED) is 0.645. The molecule has 5 aliphatic rings. The van der Waals surface area contributed by atoms with E-state index in [0.29, 0.717) is 41.1 Å². The van der Waals surface area contributed by atoms with Gasteiger partial charge in [-0.3, -0.25) is 9.59 Å². The maximum absolute atomic E-state index is 12.9. The summed E-state index contributed by atoms with van der Waals surface area (Å²) in [5.74, 6) is -0.0145. The van der Waals surface area contributed by atoms with Gasteiger partial charge in [0.15, 0.2) is 0 Å². The van der Waals surface area contributed by atoms with E-state index in [0.717, 1.165) is 32.1 Å². The molecule has 1 heterocycles. The fourth-order valence-electron chi connectivity index (χ4n) is 8.26. The Morgan fingerprint density at radius 2 is 1.67 bits per heavy atom. The number of amides is 4. The highest BCUT2D eigenvalue weighted by Crippen LogP contribution is 2.66. The van der Waals surface area contributed by atoms with Gasteiger partial charge in [-0.2, -0.15) is 0 Å². The lowest BCUT2D eigenvalue weighted by Gasteiger charge is -2.65. The third-order valence-electron chi connectivity index (χ3n) is 8.51. The lowest BCUT2D eigenvalue weighted by Crippen LogP contribution is -2.65. The Hall–Kier alpha value is -2.57. The van der Waals surface area contributed by atoms with Crippen molar-refractivity contribution in [2.45, 2.75) is 70.8 Å². The van der Waals surface area contributed by atoms with E-state index in [1.807, 2.05) is 0 Å².